The Kier molecular flexibility index (Phi) is 7.82. The molecule has 7 heteroatoms. The monoisotopic (exact) mass is 431 g/mol. The molecule has 0 saturated carbocycles. The van der Waals surface area contributed by atoms with Crippen LogP contribution in [0.15, 0.2) is 42.5 Å². The number of likely N-dealkylation sites (tertiary alicyclic amines) is 1. The molecule has 1 aliphatic rings. The van der Waals surface area contributed by atoms with E-state index < -0.39 is 0 Å². The molecule has 1 heterocycles. The van der Waals surface area contributed by atoms with Crippen molar-refractivity contribution in [2.75, 3.05) is 25.0 Å². The van der Waals surface area contributed by atoms with Crippen molar-refractivity contribution in [1.29, 1.82) is 0 Å². The maximum absolute atomic E-state index is 14.1. The average molecular weight is 432 g/mol. The number of piperidine rings is 1. The number of nitrogens with one attached hydrogen (secondary N) is 2. The number of hydrogen-bond acceptors (Lipinski definition) is 3. The van der Waals surface area contributed by atoms with Gasteiger partial charge in [-0.15, -0.1) is 0 Å². The first-order chi connectivity index (χ1) is 14.5. The number of nitrogens with zero attached hydrogens (tertiary/aromatic N) is 1. The third-order valence-electron chi connectivity index (χ3n) is 5.28. The van der Waals surface area contributed by atoms with E-state index >= 15 is 0 Å². The van der Waals surface area contributed by atoms with Gasteiger partial charge in [-0.1, -0.05) is 36.7 Å². The summed E-state index contributed by atoms with van der Waals surface area (Å²) in [5.74, 6) is -0.903. The molecule has 1 aliphatic heterocycles. The molecular weight excluding hydrogens is 405 g/mol. The number of amides is 2. The first-order valence-electron chi connectivity index (χ1n) is 10.3. The molecular formula is C23H27ClFN3O2. The lowest BCUT2D eigenvalue weighted by molar-refractivity contribution is -0.121. The van der Waals surface area contributed by atoms with Crippen molar-refractivity contribution in [1.82, 2.24) is 10.2 Å². The van der Waals surface area contributed by atoms with Crippen molar-refractivity contribution in [2.45, 2.75) is 32.7 Å². The maximum atomic E-state index is 14.1. The van der Waals surface area contributed by atoms with Crippen LogP contribution in [-0.2, 0) is 11.3 Å². The molecule has 3 rings (SSSR count). The highest BCUT2D eigenvalue weighted by molar-refractivity contribution is 6.31. The summed E-state index contributed by atoms with van der Waals surface area (Å²) in [4.78, 5) is 27.4. The zero-order chi connectivity index (χ0) is 21.5. The Morgan fingerprint density at radius 2 is 2.00 bits per heavy atom. The molecule has 2 amide bonds. The van der Waals surface area contributed by atoms with Crippen LogP contribution < -0.4 is 10.6 Å². The third-order valence-corrected chi connectivity index (χ3v) is 5.64. The molecule has 2 aromatic carbocycles. The molecule has 0 radical (unpaired) electrons. The van der Waals surface area contributed by atoms with E-state index in [1.807, 2.05) is 6.92 Å². The van der Waals surface area contributed by atoms with E-state index in [2.05, 4.69) is 15.5 Å². The highest BCUT2D eigenvalue weighted by atomic mass is 35.5. The van der Waals surface area contributed by atoms with E-state index in [-0.39, 0.29) is 23.5 Å². The Morgan fingerprint density at radius 1 is 1.20 bits per heavy atom. The maximum Gasteiger partial charge on any atom is 0.253 e. The van der Waals surface area contributed by atoms with Gasteiger partial charge in [-0.3, -0.25) is 14.5 Å². The summed E-state index contributed by atoms with van der Waals surface area (Å²) in [6, 6.07) is 11.7. The summed E-state index contributed by atoms with van der Waals surface area (Å²) in [5.41, 5.74) is 1.41. The Labute approximate surface area is 181 Å². The molecule has 0 bridgehead atoms. The predicted octanol–water partition coefficient (Wildman–Crippen LogP) is 4.47. The molecule has 2 N–H and O–H groups in total. The van der Waals surface area contributed by atoms with E-state index in [1.165, 1.54) is 6.07 Å². The number of rotatable bonds is 7. The lowest BCUT2D eigenvalue weighted by Gasteiger charge is -2.32. The van der Waals surface area contributed by atoms with Gasteiger partial charge in [0.05, 0.1) is 17.2 Å². The van der Waals surface area contributed by atoms with Gasteiger partial charge in [0.2, 0.25) is 5.91 Å². The number of carbonyl (C=O) groups excluding carboxylic acids is 2. The SMILES string of the molecule is CCCNC(=O)c1ccccc1NC(=O)C1CCCN(Cc2c(F)cccc2Cl)C1. The van der Waals surface area contributed by atoms with Crippen molar-refractivity contribution in [3.05, 3.63) is 64.4 Å². The fraction of sp³-hybridized carbons (Fsp3) is 0.391. The molecule has 0 aromatic heterocycles. The molecule has 2 aromatic rings. The highest BCUT2D eigenvalue weighted by Gasteiger charge is 2.27. The van der Waals surface area contributed by atoms with Crippen molar-refractivity contribution in [3.63, 3.8) is 0 Å². The van der Waals surface area contributed by atoms with Crippen molar-refractivity contribution < 1.29 is 14.0 Å². The van der Waals surface area contributed by atoms with Gasteiger partial charge in [0.15, 0.2) is 0 Å². The minimum absolute atomic E-state index is 0.130. The molecule has 1 saturated heterocycles. The van der Waals surface area contributed by atoms with Gasteiger partial charge < -0.3 is 10.6 Å². The highest BCUT2D eigenvalue weighted by Crippen LogP contribution is 2.25. The number of benzene rings is 2. The number of para-hydroxylation sites is 1. The summed E-state index contributed by atoms with van der Waals surface area (Å²) in [7, 11) is 0. The van der Waals surface area contributed by atoms with Crippen LogP contribution in [0.3, 0.4) is 0 Å². The summed E-state index contributed by atoms with van der Waals surface area (Å²) >= 11 is 6.15. The Morgan fingerprint density at radius 3 is 2.77 bits per heavy atom. The van der Waals surface area contributed by atoms with Crippen LogP contribution in [0.1, 0.15) is 42.1 Å². The first kappa shape index (κ1) is 22.2. The van der Waals surface area contributed by atoms with Crippen molar-refractivity contribution >= 4 is 29.1 Å². The minimum atomic E-state index is -0.332. The normalized spacial score (nSPS) is 16.8. The van der Waals surface area contributed by atoms with Crippen LogP contribution in [0.2, 0.25) is 5.02 Å². The van der Waals surface area contributed by atoms with Gasteiger partial charge in [0.1, 0.15) is 5.82 Å². The predicted molar refractivity (Wildman–Crippen MR) is 117 cm³/mol. The van der Waals surface area contributed by atoms with Gasteiger partial charge in [0, 0.05) is 30.2 Å². The lowest BCUT2D eigenvalue weighted by atomic mass is 9.96. The number of halogens is 2. The second-order valence-corrected chi connectivity index (χ2v) is 7.97. The topological polar surface area (TPSA) is 61.4 Å². The summed E-state index contributed by atoms with van der Waals surface area (Å²) in [6.07, 6.45) is 2.42. The van der Waals surface area contributed by atoms with E-state index in [0.29, 0.717) is 41.5 Å². The van der Waals surface area contributed by atoms with Crippen LogP contribution in [-0.4, -0.2) is 36.3 Å². The summed E-state index contributed by atoms with van der Waals surface area (Å²) in [6.45, 7) is 4.23. The number of hydrogen-bond donors (Lipinski definition) is 2. The lowest BCUT2D eigenvalue weighted by Crippen LogP contribution is -2.40. The third kappa shape index (κ3) is 5.58. The quantitative estimate of drug-likeness (QED) is 0.680. The summed E-state index contributed by atoms with van der Waals surface area (Å²) < 4.78 is 14.1. The van der Waals surface area contributed by atoms with E-state index in [9.17, 15) is 14.0 Å². The summed E-state index contributed by atoms with van der Waals surface area (Å²) in [5, 5.41) is 6.16. The van der Waals surface area contributed by atoms with Gasteiger partial charge in [0.25, 0.3) is 5.91 Å². The standard InChI is InChI=1S/C23H27ClFN3O2/c1-2-12-26-23(30)17-8-3-4-11-21(17)27-22(29)16-7-6-13-28(14-16)15-18-19(24)9-5-10-20(18)25/h3-5,8-11,16H,2,6-7,12-15H2,1H3,(H,26,30)(H,27,29). The Hall–Kier alpha value is -2.44. The molecule has 30 heavy (non-hydrogen) atoms. The molecule has 0 spiro atoms. The van der Waals surface area contributed by atoms with Crippen LogP contribution in [0, 0.1) is 11.7 Å². The zero-order valence-electron chi connectivity index (χ0n) is 17.1. The second-order valence-electron chi connectivity index (χ2n) is 7.57. The second kappa shape index (κ2) is 10.5. The molecule has 0 aliphatic carbocycles. The van der Waals surface area contributed by atoms with Crippen LogP contribution in [0.4, 0.5) is 10.1 Å². The molecule has 160 valence electrons. The smallest absolute Gasteiger partial charge is 0.253 e. The van der Waals surface area contributed by atoms with Gasteiger partial charge in [-0.05, 0) is 50.1 Å². The van der Waals surface area contributed by atoms with Crippen molar-refractivity contribution in [3.8, 4) is 0 Å². The molecule has 1 atom stereocenters. The minimum Gasteiger partial charge on any atom is -0.352 e. The van der Waals surface area contributed by atoms with Gasteiger partial charge >= 0.3 is 0 Å². The Balaban J connectivity index is 1.66. The van der Waals surface area contributed by atoms with E-state index in [4.69, 9.17) is 11.6 Å². The largest absolute Gasteiger partial charge is 0.352 e. The average Bonchev–Trinajstić information content (AvgIpc) is 2.75. The fourth-order valence-corrected chi connectivity index (χ4v) is 3.90. The van der Waals surface area contributed by atoms with Crippen LogP contribution in [0.5, 0.6) is 0 Å². The molecule has 5 nitrogen and oxygen atoms in total. The fourth-order valence-electron chi connectivity index (χ4n) is 3.68. The van der Waals surface area contributed by atoms with Crippen LogP contribution >= 0.6 is 11.6 Å². The number of anilines is 1. The van der Waals surface area contributed by atoms with Crippen molar-refractivity contribution in [2.24, 2.45) is 5.92 Å². The molecule has 1 unspecified atom stereocenters. The Bertz CT molecular complexity index is 886. The number of carbonyl (C=O) groups is 2. The van der Waals surface area contributed by atoms with Crippen LogP contribution in [0.25, 0.3) is 0 Å². The van der Waals surface area contributed by atoms with Gasteiger partial charge in [-0.25, -0.2) is 4.39 Å². The molecule has 1 fully saturated rings. The van der Waals surface area contributed by atoms with E-state index in [1.54, 1.807) is 36.4 Å². The van der Waals surface area contributed by atoms with Gasteiger partial charge in [-0.2, -0.15) is 0 Å². The first-order valence-corrected chi connectivity index (χ1v) is 10.7. The van der Waals surface area contributed by atoms with E-state index in [0.717, 1.165) is 25.8 Å². The zero-order valence-corrected chi connectivity index (χ0v) is 17.8.